The molecule has 116 valence electrons. The monoisotopic (exact) mass is 305 g/mol. The van der Waals surface area contributed by atoms with Crippen LogP contribution in [-0.4, -0.2) is 36.5 Å². The van der Waals surface area contributed by atoms with Gasteiger partial charge in [0.1, 0.15) is 11.9 Å². The molecular formula is C13H15F4N3O. The van der Waals surface area contributed by atoms with Crippen LogP contribution in [0.25, 0.3) is 0 Å². The fourth-order valence-electron chi connectivity index (χ4n) is 2.34. The molecule has 8 heteroatoms. The van der Waals surface area contributed by atoms with Gasteiger partial charge >= 0.3 is 6.18 Å². The number of nitrogens with two attached hydrogens (primary N) is 1. The second kappa shape index (κ2) is 5.98. The van der Waals surface area contributed by atoms with Crippen molar-refractivity contribution in [3.8, 4) is 0 Å². The minimum Gasteiger partial charge on any atom is -0.368 e. The van der Waals surface area contributed by atoms with Crippen molar-refractivity contribution < 1.29 is 22.4 Å². The number of halogens is 4. The van der Waals surface area contributed by atoms with Crippen LogP contribution in [-0.2, 0) is 17.5 Å². The molecule has 3 N–H and O–H groups in total. The molecule has 0 radical (unpaired) electrons. The van der Waals surface area contributed by atoms with Crippen LogP contribution in [0.4, 0.5) is 17.6 Å². The first-order chi connectivity index (χ1) is 9.79. The summed E-state index contributed by atoms with van der Waals surface area (Å²) in [7, 11) is 0. The van der Waals surface area contributed by atoms with Crippen molar-refractivity contribution in [1.29, 1.82) is 0 Å². The average molecular weight is 305 g/mol. The van der Waals surface area contributed by atoms with Gasteiger partial charge in [-0.3, -0.25) is 9.69 Å². The molecule has 0 aromatic heterocycles. The Morgan fingerprint density at radius 3 is 2.76 bits per heavy atom. The Bertz CT molecular complexity index is 533. The summed E-state index contributed by atoms with van der Waals surface area (Å²) in [6.45, 7) is 1.55. The summed E-state index contributed by atoms with van der Waals surface area (Å²) >= 11 is 0. The number of nitrogens with one attached hydrogen (secondary N) is 1. The minimum atomic E-state index is -4.74. The number of hydrogen-bond acceptors (Lipinski definition) is 3. The first kappa shape index (κ1) is 15.7. The highest BCUT2D eigenvalue weighted by atomic mass is 19.4. The Labute approximate surface area is 118 Å². The van der Waals surface area contributed by atoms with Crippen LogP contribution in [0, 0.1) is 5.82 Å². The molecule has 1 fully saturated rings. The molecule has 1 aliphatic rings. The second-order valence-corrected chi connectivity index (χ2v) is 4.90. The van der Waals surface area contributed by atoms with Gasteiger partial charge in [-0.2, -0.15) is 13.2 Å². The highest BCUT2D eigenvalue weighted by Gasteiger charge is 2.34. The molecule has 1 atom stereocenters. The third kappa shape index (κ3) is 3.70. The van der Waals surface area contributed by atoms with Gasteiger partial charge in [-0.05, 0) is 17.7 Å². The summed E-state index contributed by atoms with van der Waals surface area (Å²) in [6, 6.07) is 2.26. The Morgan fingerprint density at radius 1 is 1.43 bits per heavy atom. The Hall–Kier alpha value is -1.67. The molecule has 0 saturated carbocycles. The van der Waals surface area contributed by atoms with Crippen LogP contribution < -0.4 is 11.1 Å². The number of piperazine rings is 1. The zero-order chi connectivity index (χ0) is 15.6. The van der Waals surface area contributed by atoms with Crippen molar-refractivity contribution in [3.05, 3.63) is 35.1 Å². The second-order valence-electron chi connectivity index (χ2n) is 4.90. The molecule has 1 saturated heterocycles. The highest BCUT2D eigenvalue weighted by Crippen LogP contribution is 2.32. The summed E-state index contributed by atoms with van der Waals surface area (Å²) in [4.78, 5) is 13.0. The van der Waals surface area contributed by atoms with E-state index in [1.165, 1.54) is 6.07 Å². The van der Waals surface area contributed by atoms with Gasteiger partial charge in [-0.15, -0.1) is 0 Å². The van der Waals surface area contributed by atoms with E-state index in [0.29, 0.717) is 19.6 Å². The van der Waals surface area contributed by atoms with Gasteiger partial charge in [0.2, 0.25) is 5.91 Å². The lowest BCUT2D eigenvalue weighted by molar-refractivity contribution is -0.140. The first-order valence-corrected chi connectivity index (χ1v) is 6.39. The van der Waals surface area contributed by atoms with Crippen LogP contribution in [0.15, 0.2) is 18.2 Å². The van der Waals surface area contributed by atoms with Crippen LogP contribution in [0.3, 0.4) is 0 Å². The molecule has 2 rings (SSSR count). The summed E-state index contributed by atoms with van der Waals surface area (Å²) in [5.41, 5.74) is 4.26. The largest absolute Gasteiger partial charge is 0.419 e. The maximum absolute atomic E-state index is 13.2. The lowest BCUT2D eigenvalue weighted by Crippen LogP contribution is -2.56. The smallest absolute Gasteiger partial charge is 0.368 e. The molecule has 0 spiro atoms. The summed E-state index contributed by atoms with van der Waals surface area (Å²) in [5.74, 6) is -1.85. The van der Waals surface area contributed by atoms with E-state index < -0.39 is 29.5 Å². The van der Waals surface area contributed by atoms with Crippen molar-refractivity contribution >= 4 is 5.91 Å². The number of amides is 1. The standard InChI is InChI=1S/C13H15F4N3O/c14-10-2-1-8(5-9(10)13(15,16)17)7-20-4-3-19-6-11(20)12(18)21/h1-2,5,11,19H,3-4,6-7H2,(H2,18,21). The molecule has 0 aliphatic carbocycles. The van der Waals surface area contributed by atoms with Crippen LogP contribution in [0.2, 0.25) is 0 Å². The van der Waals surface area contributed by atoms with Gasteiger partial charge in [0, 0.05) is 26.2 Å². The van der Waals surface area contributed by atoms with Gasteiger partial charge in [-0.1, -0.05) is 6.07 Å². The van der Waals surface area contributed by atoms with E-state index in [4.69, 9.17) is 5.73 Å². The summed E-state index contributed by atoms with van der Waals surface area (Å²) < 4.78 is 51.3. The molecule has 21 heavy (non-hydrogen) atoms. The van der Waals surface area contributed by atoms with E-state index in [1.54, 1.807) is 4.90 Å². The molecular weight excluding hydrogens is 290 g/mol. The number of nitrogens with zero attached hydrogens (tertiary/aromatic N) is 1. The van der Waals surface area contributed by atoms with Crippen LogP contribution in [0.1, 0.15) is 11.1 Å². The van der Waals surface area contributed by atoms with E-state index in [9.17, 15) is 22.4 Å². The van der Waals surface area contributed by atoms with Gasteiger partial charge < -0.3 is 11.1 Å². The SMILES string of the molecule is NC(=O)C1CNCCN1Cc1ccc(F)c(C(F)(F)F)c1. The summed E-state index contributed by atoms with van der Waals surface area (Å²) in [6.07, 6.45) is -4.74. The molecule has 1 amide bonds. The maximum atomic E-state index is 13.2. The Balaban J connectivity index is 2.21. The molecule has 1 aromatic carbocycles. The van der Waals surface area contributed by atoms with Crippen molar-refractivity contribution in [2.24, 2.45) is 5.73 Å². The normalized spacial score (nSPS) is 20.5. The highest BCUT2D eigenvalue weighted by molar-refractivity contribution is 5.80. The average Bonchev–Trinajstić information content (AvgIpc) is 2.40. The van der Waals surface area contributed by atoms with Crippen molar-refractivity contribution in [2.45, 2.75) is 18.8 Å². The van der Waals surface area contributed by atoms with Gasteiger partial charge in [0.25, 0.3) is 0 Å². The number of benzene rings is 1. The van der Waals surface area contributed by atoms with Gasteiger partial charge in [-0.25, -0.2) is 4.39 Å². The lowest BCUT2D eigenvalue weighted by Gasteiger charge is -2.34. The van der Waals surface area contributed by atoms with E-state index in [0.717, 1.165) is 12.1 Å². The number of alkyl halides is 3. The van der Waals surface area contributed by atoms with Gasteiger partial charge in [0.05, 0.1) is 5.56 Å². The van der Waals surface area contributed by atoms with E-state index in [2.05, 4.69) is 5.32 Å². The summed E-state index contributed by atoms with van der Waals surface area (Å²) in [5, 5.41) is 2.99. The quantitative estimate of drug-likeness (QED) is 0.822. The molecule has 0 bridgehead atoms. The third-order valence-electron chi connectivity index (χ3n) is 3.40. The van der Waals surface area contributed by atoms with Crippen molar-refractivity contribution in [2.75, 3.05) is 19.6 Å². The molecule has 4 nitrogen and oxygen atoms in total. The maximum Gasteiger partial charge on any atom is 0.419 e. The minimum absolute atomic E-state index is 0.110. The van der Waals surface area contributed by atoms with E-state index in [1.807, 2.05) is 0 Å². The molecule has 1 aromatic rings. The molecule has 1 aliphatic heterocycles. The zero-order valence-electron chi connectivity index (χ0n) is 11.1. The topological polar surface area (TPSA) is 58.4 Å². The van der Waals surface area contributed by atoms with Crippen molar-refractivity contribution in [3.63, 3.8) is 0 Å². The van der Waals surface area contributed by atoms with Crippen LogP contribution in [0.5, 0.6) is 0 Å². The molecule has 1 unspecified atom stereocenters. The number of primary amides is 1. The fourth-order valence-corrected chi connectivity index (χ4v) is 2.34. The van der Waals surface area contributed by atoms with E-state index >= 15 is 0 Å². The predicted molar refractivity (Wildman–Crippen MR) is 67.7 cm³/mol. The van der Waals surface area contributed by atoms with E-state index in [-0.39, 0.29) is 12.1 Å². The number of carbonyl (C=O) groups excluding carboxylic acids is 1. The van der Waals surface area contributed by atoms with Crippen molar-refractivity contribution in [1.82, 2.24) is 10.2 Å². The predicted octanol–water partition coefficient (Wildman–Crippen LogP) is 1.10. The third-order valence-corrected chi connectivity index (χ3v) is 3.40. The zero-order valence-corrected chi connectivity index (χ0v) is 11.1. The Morgan fingerprint density at radius 2 is 2.14 bits per heavy atom. The number of hydrogen-bond donors (Lipinski definition) is 2. The number of carbonyl (C=O) groups is 1. The fraction of sp³-hybridized carbons (Fsp3) is 0.462. The first-order valence-electron chi connectivity index (χ1n) is 6.39. The lowest BCUT2D eigenvalue weighted by atomic mass is 10.1. The molecule has 1 heterocycles. The Kier molecular flexibility index (Phi) is 4.48. The number of rotatable bonds is 3. The van der Waals surface area contributed by atoms with Gasteiger partial charge in [0.15, 0.2) is 0 Å². The van der Waals surface area contributed by atoms with Crippen LogP contribution >= 0.6 is 0 Å².